The van der Waals surface area contributed by atoms with Gasteiger partial charge in [-0.1, -0.05) is 12.1 Å². The normalized spacial score (nSPS) is 16.2. The van der Waals surface area contributed by atoms with E-state index in [-0.39, 0.29) is 24.1 Å². The molecule has 1 aromatic heterocycles. The van der Waals surface area contributed by atoms with Gasteiger partial charge in [0.2, 0.25) is 5.88 Å². The van der Waals surface area contributed by atoms with Crippen molar-refractivity contribution in [2.45, 2.75) is 38.9 Å². The summed E-state index contributed by atoms with van der Waals surface area (Å²) in [5.41, 5.74) is 0.698. The van der Waals surface area contributed by atoms with Gasteiger partial charge in [-0.15, -0.1) is 0 Å². The van der Waals surface area contributed by atoms with Crippen LogP contribution in [0.4, 0.5) is 0 Å². The second-order valence-electron chi connectivity index (χ2n) is 7.97. The molecule has 1 aliphatic rings. The lowest BCUT2D eigenvalue weighted by molar-refractivity contribution is -0.0672. The summed E-state index contributed by atoms with van der Waals surface area (Å²) < 4.78 is 45.6. The van der Waals surface area contributed by atoms with Crippen LogP contribution in [-0.4, -0.2) is 44.2 Å². The highest BCUT2D eigenvalue weighted by atomic mass is 32.2. The van der Waals surface area contributed by atoms with Crippen molar-refractivity contribution in [2.75, 3.05) is 25.2 Å². The molecule has 0 fully saturated rings. The van der Waals surface area contributed by atoms with Crippen LogP contribution < -0.4 is 14.2 Å². The summed E-state index contributed by atoms with van der Waals surface area (Å²) in [5.74, 6) is 2.34. The zero-order valence-corrected chi connectivity index (χ0v) is 18.0. The second-order valence-corrected chi connectivity index (χ2v) is 10.2. The van der Waals surface area contributed by atoms with E-state index >= 15 is 0 Å². The summed E-state index contributed by atoms with van der Waals surface area (Å²) in [7, 11) is -2.98. The summed E-state index contributed by atoms with van der Waals surface area (Å²) in [5, 5.41) is 0. The summed E-state index contributed by atoms with van der Waals surface area (Å²) in [4.78, 5) is 4.20. The quantitative estimate of drug-likeness (QED) is 0.597. The highest BCUT2D eigenvalue weighted by Crippen LogP contribution is 2.44. The van der Waals surface area contributed by atoms with E-state index < -0.39 is 9.84 Å². The molecular formula is C21H27NO6S. The number of rotatable bonds is 8. The molecule has 0 N–H and O–H groups in total. The van der Waals surface area contributed by atoms with Crippen molar-refractivity contribution in [3.05, 3.63) is 42.1 Å². The predicted molar refractivity (Wildman–Crippen MR) is 110 cm³/mol. The molecule has 0 unspecified atom stereocenters. The van der Waals surface area contributed by atoms with Gasteiger partial charge in [0.1, 0.15) is 28.3 Å². The molecule has 0 saturated carbocycles. The first-order valence-corrected chi connectivity index (χ1v) is 11.5. The minimum absolute atomic E-state index is 0.0905. The molecule has 0 spiro atoms. The van der Waals surface area contributed by atoms with Crippen molar-refractivity contribution in [2.24, 2.45) is 0 Å². The van der Waals surface area contributed by atoms with Crippen LogP contribution in [0.3, 0.4) is 0 Å². The van der Waals surface area contributed by atoms with Crippen molar-refractivity contribution in [3.63, 3.8) is 0 Å². The van der Waals surface area contributed by atoms with E-state index in [1.165, 1.54) is 6.26 Å². The molecule has 2 aromatic rings. The molecule has 1 aromatic carbocycles. The topological polar surface area (TPSA) is 84.0 Å². The third-order valence-corrected chi connectivity index (χ3v) is 5.11. The fraction of sp³-hybridized carbons (Fsp3) is 0.476. The van der Waals surface area contributed by atoms with Crippen molar-refractivity contribution < 1.29 is 27.4 Å². The van der Waals surface area contributed by atoms with Gasteiger partial charge in [-0.3, -0.25) is 0 Å². The molecule has 0 bridgehead atoms. The van der Waals surface area contributed by atoms with Gasteiger partial charge < -0.3 is 18.9 Å². The number of nitrogens with zero attached hydrogens (tertiary/aromatic N) is 1. The number of pyridine rings is 1. The van der Waals surface area contributed by atoms with Crippen LogP contribution in [0.1, 0.15) is 38.9 Å². The van der Waals surface area contributed by atoms with Crippen LogP contribution in [0.2, 0.25) is 0 Å². The number of ether oxygens (including phenoxy) is 4. The molecule has 8 heteroatoms. The van der Waals surface area contributed by atoms with Gasteiger partial charge in [0.15, 0.2) is 11.5 Å². The Balaban J connectivity index is 1.61. The maximum Gasteiger partial charge on any atom is 0.213 e. The lowest BCUT2D eigenvalue weighted by Crippen LogP contribution is -2.23. The number of aromatic nitrogens is 1. The van der Waals surface area contributed by atoms with Crippen molar-refractivity contribution in [3.8, 4) is 23.1 Å². The summed E-state index contributed by atoms with van der Waals surface area (Å²) in [6.07, 6.45) is 3.06. The average Bonchev–Trinajstić information content (AvgIpc) is 3.02. The van der Waals surface area contributed by atoms with Crippen LogP contribution in [0.15, 0.2) is 36.5 Å². The smallest absolute Gasteiger partial charge is 0.213 e. The molecule has 1 atom stereocenters. The van der Waals surface area contributed by atoms with Crippen LogP contribution in [-0.2, 0) is 14.6 Å². The predicted octanol–water partition coefficient (Wildman–Crippen LogP) is 3.94. The molecule has 158 valence electrons. The Morgan fingerprint density at radius 3 is 2.66 bits per heavy atom. The molecule has 0 saturated heterocycles. The molecule has 3 rings (SSSR count). The number of hydrogen-bond donors (Lipinski definition) is 0. The standard InChI is InChI=1S/C21H27NO6S/c1-21(2,3)28-18-14-26-20-16(18)7-5-8-17(20)27-15-9-10-19(22-13-15)25-11-6-12-29(4,23)24/h5,7-10,13,18H,6,11-12,14H2,1-4H3/t18-/m1/s1. The Morgan fingerprint density at radius 2 is 2.00 bits per heavy atom. The molecule has 1 aliphatic heterocycles. The Hall–Kier alpha value is -2.32. The van der Waals surface area contributed by atoms with Crippen molar-refractivity contribution in [1.82, 2.24) is 4.98 Å². The molecule has 29 heavy (non-hydrogen) atoms. The number of para-hydroxylation sites is 1. The van der Waals surface area contributed by atoms with E-state index in [2.05, 4.69) is 4.98 Å². The minimum Gasteiger partial charge on any atom is -0.486 e. The van der Waals surface area contributed by atoms with Crippen LogP contribution in [0.5, 0.6) is 23.1 Å². The lowest BCUT2D eigenvalue weighted by Gasteiger charge is -2.24. The maximum atomic E-state index is 11.1. The summed E-state index contributed by atoms with van der Waals surface area (Å²) in [6.45, 7) is 6.78. The first-order chi connectivity index (χ1) is 13.6. The summed E-state index contributed by atoms with van der Waals surface area (Å²) in [6, 6.07) is 9.17. The van der Waals surface area contributed by atoms with Gasteiger partial charge >= 0.3 is 0 Å². The molecule has 2 heterocycles. The van der Waals surface area contributed by atoms with E-state index in [0.717, 1.165) is 5.56 Å². The first-order valence-electron chi connectivity index (χ1n) is 9.49. The third kappa shape index (κ3) is 6.33. The van der Waals surface area contributed by atoms with Gasteiger partial charge in [0, 0.05) is 17.9 Å². The van der Waals surface area contributed by atoms with Gasteiger partial charge in [0.25, 0.3) is 0 Å². The lowest BCUT2D eigenvalue weighted by atomic mass is 10.1. The molecular weight excluding hydrogens is 394 g/mol. The van der Waals surface area contributed by atoms with E-state index in [1.54, 1.807) is 18.3 Å². The van der Waals surface area contributed by atoms with Gasteiger partial charge in [-0.2, -0.15) is 0 Å². The maximum absolute atomic E-state index is 11.1. The minimum atomic E-state index is -2.98. The molecule has 7 nitrogen and oxygen atoms in total. The molecule has 0 aliphatic carbocycles. The van der Waals surface area contributed by atoms with Gasteiger partial charge in [-0.25, -0.2) is 13.4 Å². The van der Waals surface area contributed by atoms with Crippen LogP contribution >= 0.6 is 0 Å². The van der Waals surface area contributed by atoms with E-state index in [9.17, 15) is 8.42 Å². The Labute approximate surface area is 171 Å². The highest BCUT2D eigenvalue weighted by Gasteiger charge is 2.31. The van der Waals surface area contributed by atoms with Crippen molar-refractivity contribution in [1.29, 1.82) is 0 Å². The first kappa shape index (κ1) is 21.4. The van der Waals surface area contributed by atoms with Crippen molar-refractivity contribution >= 4 is 9.84 Å². The van der Waals surface area contributed by atoms with Crippen LogP contribution in [0.25, 0.3) is 0 Å². The number of sulfone groups is 1. The second kappa shape index (κ2) is 8.59. The zero-order valence-electron chi connectivity index (χ0n) is 17.2. The monoisotopic (exact) mass is 421 g/mol. The highest BCUT2D eigenvalue weighted by molar-refractivity contribution is 7.90. The van der Waals surface area contributed by atoms with E-state index in [0.29, 0.717) is 36.2 Å². The fourth-order valence-electron chi connectivity index (χ4n) is 2.93. The summed E-state index contributed by atoms with van der Waals surface area (Å²) >= 11 is 0. The molecule has 0 radical (unpaired) electrons. The Bertz CT molecular complexity index is 935. The Kier molecular flexibility index (Phi) is 6.33. The SMILES string of the molecule is CC(C)(C)O[C@@H]1COc2c(Oc3ccc(OCCCS(C)(=O)=O)nc3)cccc21. The Morgan fingerprint density at radius 1 is 1.21 bits per heavy atom. The number of benzene rings is 1. The van der Waals surface area contributed by atoms with E-state index in [1.807, 2.05) is 39.0 Å². The fourth-order valence-corrected chi connectivity index (χ4v) is 3.57. The average molecular weight is 422 g/mol. The van der Waals surface area contributed by atoms with Gasteiger partial charge in [0.05, 0.1) is 24.2 Å². The van der Waals surface area contributed by atoms with Gasteiger partial charge in [-0.05, 0) is 39.3 Å². The zero-order chi connectivity index (χ0) is 21.1. The van der Waals surface area contributed by atoms with Crippen LogP contribution in [0, 0.1) is 0 Å². The third-order valence-electron chi connectivity index (χ3n) is 4.08. The largest absolute Gasteiger partial charge is 0.486 e. The van der Waals surface area contributed by atoms with E-state index in [4.69, 9.17) is 18.9 Å². The number of hydrogen-bond acceptors (Lipinski definition) is 7. The number of fused-ring (bicyclic) bond motifs is 1. The molecule has 0 amide bonds.